The van der Waals surface area contributed by atoms with Gasteiger partial charge in [-0.05, 0) is 55.3 Å². The van der Waals surface area contributed by atoms with E-state index in [1.165, 1.54) is 6.26 Å². The Kier molecular flexibility index (Phi) is 8.25. The van der Waals surface area contributed by atoms with Gasteiger partial charge in [-0.1, -0.05) is 48.6 Å². The van der Waals surface area contributed by atoms with Gasteiger partial charge in [-0.2, -0.15) is 0 Å². The number of aliphatic carboxylic acids is 1. The summed E-state index contributed by atoms with van der Waals surface area (Å²) in [5.41, 5.74) is 2.12. The molecule has 1 unspecified atom stereocenters. The lowest BCUT2D eigenvalue weighted by Gasteiger charge is -2.23. The van der Waals surface area contributed by atoms with E-state index in [0.717, 1.165) is 24.0 Å². The summed E-state index contributed by atoms with van der Waals surface area (Å²) in [6.07, 6.45) is 11.5. The molecule has 35 heavy (non-hydrogen) atoms. The minimum atomic E-state index is -0.849. The summed E-state index contributed by atoms with van der Waals surface area (Å²) in [5, 5.41) is 9.00. The smallest absolute Gasteiger partial charge is 0.326 e. The Morgan fingerprint density at radius 2 is 1.83 bits per heavy atom. The number of carbonyl (C=O) groups is 1. The Morgan fingerprint density at radius 1 is 1.06 bits per heavy atom. The van der Waals surface area contributed by atoms with Crippen LogP contribution in [-0.4, -0.2) is 36.1 Å². The maximum absolute atomic E-state index is 11.0. The number of rotatable bonds is 11. The van der Waals surface area contributed by atoms with Crippen molar-refractivity contribution in [3.8, 4) is 11.5 Å². The maximum atomic E-state index is 11.0. The first-order chi connectivity index (χ1) is 17.1. The van der Waals surface area contributed by atoms with Crippen molar-refractivity contribution in [2.75, 3.05) is 20.1 Å². The second-order valence-corrected chi connectivity index (χ2v) is 8.32. The molecule has 4 rings (SSSR count). The molecule has 0 bridgehead atoms. The van der Waals surface area contributed by atoms with Crippen molar-refractivity contribution in [1.29, 1.82) is 0 Å². The van der Waals surface area contributed by atoms with Crippen molar-refractivity contribution in [2.45, 2.75) is 25.4 Å². The summed E-state index contributed by atoms with van der Waals surface area (Å²) in [4.78, 5) is 12.7. The van der Waals surface area contributed by atoms with Gasteiger partial charge in [0.1, 0.15) is 23.9 Å². The second kappa shape index (κ2) is 11.9. The van der Waals surface area contributed by atoms with E-state index in [-0.39, 0.29) is 18.6 Å². The normalized spacial score (nSPS) is 15.8. The molecular weight excluding hydrogens is 446 g/mol. The first-order valence-electron chi connectivity index (χ1n) is 11.6. The Hall–Kier alpha value is -3.97. The SMILES string of the molecule is CN(CCC(Oc1ccc(OC2=COC(C3=CC=CCC3)=CO2)cc1)c1ccccc1)CC(=O)O. The van der Waals surface area contributed by atoms with Gasteiger partial charge in [0.15, 0.2) is 12.0 Å². The zero-order valence-electron chi connectivity index (χ0n) is 19.6. The van der Waals surface area contributed by atoms with Crippen LogP contribution in [0.3, 0.4) is 0 Å². The Labute approximate surface area is 205 Å². The molecule has 0 radical (unpaired) electrons. The van der Waals surface area contributed by atoms with E-state index in [2.05, 4.69) is 6.08 Å². The number of benzene rings is 2. The molecule has 2 aromatic carbocycles. The van der Waals surface area contributed by atoms with Crippen molar-refractivity contribution >= 4 is 5.97 Å². The number of hydrogen-bond acceptors (Lipinski definition) is 6. The molecule has 0 aromatic heterocycles. The second-order valence-electron chi connectivity index (χ2n) is 8.32. The van der Waals surface area contributed by atoms with Crippen molar-refractivity contribution in [3.63, 3.8) is 0 Å². The van der Waals surface area contributed by atoms with Crippen molar-refractivity contribution in [2.24, 2.45) is 0 Å². The topological polar surface area (TPSA) is 77.5 Å². The van der Waals surface area contributed by atoms with Crippen LogP contribution in [0.1, 0.15) is 30.9 Å². The van der Waals surface area contributed by atoms with Gasteiger partial charge in [0.2, 0.25) is 0 Å². The molecule has 2 aromatic rings. The molecular formula is C28H29NO6. The third kappa shape index (κ3) is 7.25. The van der Waals surface area contributed by atoms with Crippen LogP contribution in [0.4, 0.5) is 0 Å². The van der Waals surface area contributed by atoms with Crippen LogP contribution in [0.15, 0.2) is 103 Å². The predicted molar refractivity (Wildman–Crippen MR) is 131 cm³/mol. The minimum absolute atomic E-state index is 0.0134. The highest BCUT2D eigenvalue weighted by Gasteiger charge is 2.17. The van der Waals surface area contributed by atoms with E-state index in [4.69, 9.17) is 24.1 Å². The number of ether oxygens (including phenoxy) is 4. The molecule has 2 aliphatic rings. The average Bonchev–Trinajstić information content (AvgIpc) is 2.88. The zero-order valence-corrected chi connectivity index (χ0v) is 19.6. The number of carboxylic acid groups (broad SMARTS) is 1. The van der Waals surface area contributed by atoms with Gasteiger partial charge in [-0.25, -0.2) is 0 Å². The van der Waals surface area contributed by atoms with E-state index in [1.807, 2.05) is 54.6 Å². The fourth-order valence-electron chi connectivity index (χ4n) is 3.76. The van der Waals surface area contributed by atoms with Gasteiger partial charge < -0.3 is 24.1 Å². The molecule has 0 amide bonds. The van der Waals surface area contributed by atoms with Crippen molar-refractivity contribution < 1.29 is 28.8 Å². The monoisotopic (exact) mass is 475 g/mol. The molecule has 1 aliphatic carbocycles. The summed E-state index contributed by atoms with van der Waals surface area (Å²) in [6.45, 7) is 0.571. The van der Waals surface area contributed by atoms with Gasteiger partial charge in [0.25, 0.3) is 0 Å². The number of allylic oxidation sites excluding steroid dienone is 4. The van der Waals surface area contributed by atoms with Crippen molar-refractivity contribution in [3.05, 3.63) is 108 Å². The molecule has 0 spiro atoms. The van der Waals surface area contributed by atoms with Crippen LogP contribution in [0.25, 0.3) is 0 Å². The molecule has 1 aliphatic heterocycles. The lowest BCUT2D eigenvalue weighted by Crippen LogP contribution is -2.28. The third-order valence-corrected chi connectivity index (χ3v) is 5.56. The van der Waals surface area contributed by atoms with Crippen LogP contribution < -0.4 is 9.47 Å². The summed E-state index contributed by atoms with van der Waals surface area (Å²) in [7, 11) is 1.79. The molecule has 182 valence electrons. The van der Waals surface area contributed by atoms with Crippen LogP contribution in [-0.2, 0) is 14.3 Å². The molecule has 0 fully saturated rings. The average molecular weight is 476 g/mol. The Balaban J connectivity index is 1.34. The first kappa shape index (κ1) is 24.2. The zero-order chi connectivity index (χ0) is 24.5. The summed E-state index contributed by atoms with van der Waals surface area (Å²) in [5.74, 6) is 1.35. The lowest BCUT2D eigenvalue weighted by atomic mass is 10.0. The fourth-order valence-corrected chi connectivity index (χ4v) is 3.76. The summed E-state index contributed by atoms with van der Waals surface area (Å²) < 4.78 is 23.3. The van der Waals surface area contributed by atoms with Crippen molar-refractivity contribution in [1.82, 2.24) is 4.90 Å². The molecule has 1 heterocycles. The van der Waals surface area contributed by atoms with E-state index in [9.17, 15) is 4.79 Å². The fraction of sp³-hybridized carbons (Fsp3) is 0.250. The minimum Gasteiger partial charge on any atom is -0.486 e. The molecule has 7 heteroatoms. The highest BCUT2D eigenvalue weighted by atomic mass is 16.7. The van der Waals surface area contributed by atoms with Crippen LogP contribution in [0.2, 0.25) is 0 Å². The predicted octanol–water partition coefficient (Wildman–Crippen LogP) is 5.56. The standard InChI is InChI=1S/C28H29NO6/c1-29(18-27(30)31)17-16-25(21-8-4-2-5-9-21)34-23-12-14-24(15-13-23)35-28-20-32-26(19-33-28)22-10-6-3-7-11-22/h2-6,8-10,12-15,19-20,25H,7,11,16-18H2,1H3,(H,30,31). The molecule has 0 saturated carbocycles. The Bertz CT molecular complexity index is 1120. The van der Waals surface area contributed by atoms with Gasteiger partial charge in [0, 0.05) is 13.0 Å². The number of carboxylic acids is 1. The van der Waals surface area contributed by atoms with Gasteiger partial charge in [0.05, 0.1) is 6.54 Å². The van der Waals surface area contributed by atoms with Crippen LogP contribution in [0, 0.1) is 0 Å². The summed E-state index contributed by atoms with van der Waals surface area (Å²) >= 11 is 0. The number of nitrogens with zero attached hydrogens (tertiary/aromatic N) is 1. The van der Waals surface area contributed by atoms with Gasteiger partial charge >= 0.3 is 11.9 Å². The third-order valence-electron chi connectivity index (χ3n) is 5.56. The van der Waals surface area contributed by atoms with Gasteiger partial charge in [-0.3, -0.25) is 9.69 Å². The molecule has 1 N–H and O–H groups in total. The molecule has 1 atom stereocenters. The number of hydrogen-bond donors (Lipinski definition) is 1. The van der Waals surface area contributed by atoms with Gasteiger partial charge in [-0.15, -0.1) is 0 Å². The highest BCUT2D eigenvalue weighted by molar-refractivity contribution is 5.69. The quantitative estimate of drug-likeness (QED) is 0.456. The Morgan fingerprint density at radius 3 is 2.49 bits per heavy atom. The molecule has 7 nitrogen and oxygen atoms in total. The number of likely N-dealkylation sites (N-methyl/N-ethyl adjacent to an activating group) is 1. The van der Waals surface area contributed by atoms with E-state index >= 15 is 0 Å². The molecule has 0 saturated heterocycles. The largest absolute Gasteiger partial charge is 0.486 e. The van der Waals surface area contributed by atoms with Crippen LogP contribution >= 0.6 is 0 Å². The highest BCUT2D eigenvalue weighted by Crippen LogP contribution is 2.29. The first-order valence-corrected chi connectivity index (χ1v) is 11.6. The van der Waals surface area contributed by atoms with E-state index < -0.39 is 5.97 Å². The maximum Gasteiger partial charge on any atom is 0.326 e. The lowest BCUT2D eigenvalue weighted by molar-refractivity contribution is -0.138. The summed E-state index contributed by atoms with van der Waals surface area (Å²) in [6, 6.07) is 17.2. The van der Waals surface area contributed by atoms with E-state index in [0.29, 0.717) is 30.2 Å². The van der Waals surface area contributed by atoms with Crippen LogP contribution in [0.5, 0.6) is 11.5 Å². The van der Waals surface area contributed by atoms with E-state index in [1.54, 1.807) is 30.3 Å².